The summed E-state index contributed by atoms with van der Waals surface area (Å²) in [6.45, 7) is 3.76. The largest absolute Gasteiger partial charge is 0.468 e. The first-order chi connectivity index (χ1) is 8.41. The van der Waals surface area contributed by atoms with Gasteiger partial charge < -0.3 is 4.74 Å². The van der Waals surface area contributed by atoms with E-state index in [0.29, 0.717) is 13.0 Å². The van der Waals surface area contributed by atoms with E-state index in [9.17, 15) is 13.2 Å². The maximum atomic E-state index is 12.3. The van der Waals surface area contributed by atoms with E-state index in [1.54, 1.807) is 12.1 Å². The number of carbonyl (C=O) groups is 1. The van der Waals surface area contributed by atoms with Gasteiger partial charge >= 0.3 is 5.97 Å². The van der Waals surface area contributed by atoms with Gasteiger partial charge in [0.2, 0.25) is 0 Å². The molecule has 18 heavy (non-hydrogen) atoms. The van der Waals surface area contributed by atoms with Crippen molar-refractivity contribution in [3.8, 4) is 0 Å². The molecule has 0 atom stereocenters. The van der Waals surface area contributed by atoms with Gasteiger partial charge in [-0.15, -0.1) is 11.3 Å². The van der Waals surface area contributed by atoms with Gasteiger partial charge in [0.15, 0.2) is 0 Å². The zero-order chi connectivity index (χ0) is 13.8. The molecule has 102 valence electrons. The lowest BCUT2D eigenvalue weighted by Crippen LogP contribution is -2.36. The van der Waals surface area contributed by atoms with Gasteiger partial charge in [0, 0.05) is 11.4 Å². The summed E-state index contributed by atoms with van der Waals surface area (Å²) in [6.07, 6.45) is 0.639. The molecule has 0 fully saturated rings. The maximum Gasteiger partial charge on any atom is 0.321 e. The predicted molar refractivity (Wildman–Crippen MR) is 70.1 cm³/mol. The van der Waals surface area contributed by atoms with E-state index >= 15 is 0 Å². The third-order valence-corrected chi connectivity index (χ3v) is 5.63. The number of methoxy groups -OCH3 is 1. The molecule has 0 aliphatic carbocycles. The van der Waals surface area contributed by atoms with Crippen LogP contribution in [-0.2, 0) is 19.6 Å². The standard InChI is InChI=1S/C11H17NO4S2/c1-4-7-12(8-10(13)16-3)18(14,15)11-6-5-9(2)17-11/h5-6H,4,7-8H2,1-3H3. The van der Waals surface area contributed by atoms with Crippen LogP contribution in [0.1, 0.15) is 18.2 Å². The summed E-state index contributed by atoms with van der Waals surface area (Å²) in [6, 6.07) is 3.31. The van der Waals surface area contributed by atoms with Crippen molar-refractivity contribution in [3.63, 3.8) is 0 Å². The lowest BCUT2D eigenvalue weighted by atomic mass is 10.5. The van der Waals surface area contributed by atoms with Gasteiger partial charge in [0.1, 0.15) is 10.8 Å². The number of ether oxygens (including phenoxy) is 1. The zero-order valence-corrected chi connectivity index (χ0v) is 12.3. The highest BCUT2D eigenvalue weighted by Crippen LogP contribution is 2.24. The molecule has 0 N–H and O–H groups in total. The molecule has 0 spiro atoms. The third kappa shape index (κ3) is 3.54. The first-order valence-electron chi connectivity index (χ1n) is 5.55. The Kier molecular flexibility index (Phi) is 5.30. The fraction of sp³-hybridized carbons (Fsp3) is 0.545. The average Bonchev–Trinajstić information content (AvgIpc) is 2.75. The second kappa shape index (κ2) is 6.31. The Morgan fingerprint density at radius 1 is 1.44 bits per heavy atom. The third-order valence-electron chi connectivity index (χ3n) is 2.32. The maximum absolute atomic E-state index is 12.3. The van der Waals surface area contributed by atoms with E-state index in [1.807, 2.05) is 13.8 Å². The van der Waals surface area contributed by atoms with Crippen LogP contribution in [0.15, 0.2) is 16.3 Å². The van der Waals surface area contributed by atoms with Gasteiger partial charge in [-0.2, -0.15) is 4.31 Å². The molecule has 1 heterocycles. The molecule has 1 rings (SSSR count). The van der Waals surface area contributed by atoms with Gasteiger partial charge in [-0.3, -0.25) is 4.79 Å². The summed E-state index contributed by atoms with van der Waals surface area (Å²) in [4.78, 5) is 12.2. The van der Waals surface area contributed by atoms with Crippen molar-refractivity contribution in [3.05, 3.63) is 17.0 Å². The zero-order valence-electron chi connectivity index (χ0n) is 10.7. The van der Waals surface area contributed by atoms with Gasteiger partial charge in [0.05, 0.1) is 7.11 Å². The molecule has 0 saturated carbocycles. The van der Waals surface area contributed by atoms with Gasteiger partial charge in [0.25, 0.3) is 10.0 Å². The van der Waals surface area contributed by atoms with Crippen LogP contribution in [0.5, 0.6) is 0 Å². The minimum atomic E-state index is -3.60. The molecule has 1 aromatic heterocycles. The molecule has 0 aliphatic heterocycles. The minimum Gasteiger partial charge on any atom is -0.468 e. The number of sulfonamides is 1. The van der Waals surface area contributed by atoms with Crippen molar-refractivity contribution < 1.29 is 17.9 Å². The highest BCUT2D eigenvalue weighted by Gasteiger charge is 2.27. The Labute approximate surface area is 111 Å². The van der Waals surface area contributed by atoms with Crippen LogP contribution in [0, 0.1) is 6.92 Å². The van der Waals surface area contributed by atoms with E-state index in [4.69, 9.17) is 0 Å². The van der Waals surface area contributed by atoms with E-state index < -0.39 is 16.0 Å². The average molecular weight is 291 g/mol. The number of hydrogen-bond donors (Lipinski definition) is 0. The Hall–Kier alpha value is -0.920. The van der Waals surface area contributed by atoms with Crippen molar-refractivity contribution in [2.45, 2.75) is 24.5 Å². The molecule has 0 radical (unpaired) electrons. The van der Waals surface area contributed by atoms with Crippen LogP contribution < -0.4 is 0 Å². The second-order valence-corrected chi connectivity index (χ2v) is 7.23. The molecule has 0 saturated heterocycles. The highest BCUT2D eigenvalue weighted by atomic mass is 32.2. The van der Waals surface area contributed by atoms with Crippen LogP contribution in [-0.4, -0.2) is 38.9 Å². The molecule has 5 nitrogen and oxygen atoms in total. The lowest BCUT2D eigenvalue weighted by Gasteiger charge is -2.19. The molecular weight excluding hydrogens is 274 g/mol. The molecular formula is C11H17NO4S2. The summed E-state index contributed by atoms with van der Waals surface area (Å²) in [5.74, 6) is -0.555. The topological polar surface area (TPSA) is 63.7 Å². The Morgan fingerprint density at radius 3 is 2.56 bits per heavy atom. The van der Waals surface area contributed by atoms with Crippen molar-refractivity contribution in [1.82, 2.24) is 4.31 Å². The van der Waals surface area contributed by atoms with Crippen molar-refractivity contribution >= 4 is 27.3 Å². The molecule has 7 heteroatoms. The summed E-state index contributed by atoms with van der Waals surface area (Å²) in [5.41, 5.74) is 0. The molecule has 0 bridgehead atoms. The number of thiophene rings is 1. The summed E-state index contributed by atoms with van der Waals surface area (Å²) in [5, 5.41) is 0. The molecule has 0 amide bonds. The number of nitrogens with zero attached hydrogens (tertiary/aromatic N) is 1. The molecule has 0 unspecified atom stereocenters. The summed E-state index contributed by atoms with van der Waals surface area (Å²) >= 11 is 1.20. The monoisotopic (exact) mass is 291 g/mol. The second-order valence-electron chi connectivity index (χ2n) is 3.78. The van der Waals surface area contributed by atoms with E-state index in [2.05, 4.69) is 4.74 Å². The smallest absolute Gasteiger partial charge is 0.321 e. The van der Waals surface area contributed by atoms with Gasteiger partial charge in [-0.1, -0.05) is 6.92 Å². The van der Waals surface area contributed by atoms with Gasteiger partial charge in [-0.05, 0) is 25.5 Å². The lowest BCUT2D eigenvalue weighted by molar-refractivity contribution is -0.140. The number of aryl methyl sites for hydroxylation is 1. The van der Waals surface area contributed by atoms with Crippen LogP contribution in [0.25, 0.3) is 0 Å². The molecule has 1 aromatic rings. The first kappa shape index (κ1) is 15.1. The normalized spacial score (nSPS) is 11.8. The predicted octanol–water partition coefficient (Wildman–Crippen LogP) is 1.63. The van der Waals surface area contributed by atoms with Crippen molar-refractivity contribution in [1.29, 1.82) is 0 Å². The van der Waals surface area contributed by atoms with Gasteiger partial charge in [-0.25, -0.2) is 8.42 Å². The number of carbonyl (C=O) groups excluding carboxylic acids is 1. The summed E-state index contributed by atoms with van der Waals surface area (Å²) < 4.78 is 30.6. The highest BCUT2D eigenvalue weighted by molar-refractivity contribution is 7.91. The van der Waals surface area contributed by atoms with E-state index in [0.717, 1.165) is 9.18 Å². The van der Waals surface area contributed by atoms with Crippen molar-refractivity contribution in [2.75, 3.05) is 20.2 Å². The molecule has 0 aliphatic rings. The summed E-state index contributed by atoms with van der Waals surface area (Å²) in [7, 11) is -2.35. The van der Waals surface area contributed by atoms with E-state index in [-0.39, 0.29) is 10.8 Å². The number of esters is 1. The fourth-order valence-corrected chi connectivity index (χ4v) is 4.33. The Bertz CT molecular complexity index is 507. The van der Waals surface area contributed by atoms with Crippen LogP contribution >= 0.6 is 11.3 Å². The van der Waals surface area contributed by atoms with Crippen LogP contribution in [0.4, 0.5) is 0 Å². The molecule has 0 aromatic carbocycles. The van der Waals surface area contributed by atoms with E-state index in [1.165, 1.54) is 18.4 Å². The Morgan fingerprint density at radius 2 is 2.11 bits per heavy atom. The number of rotatable bonds is 6. The first-order valence-corrected chi connectivity index (χ1v) is 7.81. The Balaban J connectivity index is 3.00. The van der Waals surface area contributed by atoms with Crippen LogP contribution in [0.2, 0.25) is 0 Å². The van der Waals surface area contributed by atoms with Crippen LogP contribution in [0.3, 0.4) is 0 Å². The fourth-order valence-electron chi connectivity index (χ4n) is 1.42. The van der Waals surface area contributed by atoms with Crippen molar-refractivity contribution in [2.24, 2.45) is 0 Å². The SMILES string of the molecule is CCCN(CC(=O)OC)S(=O)(=O)c1ccc(C)s1. The minimum absolute atomic E-state index is 0.246. The quantitative estimate of drug-likeness (QED) is 0.747. The number of hydrogen-bond acceptors (Lipinski definition) is 5.